The van der Waals surface area contributed by atoms with Gasteiger partial charge in [0.05, 0.1) is 11.3 Å². The monoisotopic (exact) mass is 578 g/mol. The molecule has 3 aromatic rings. The number of aryl methyl sites for hydroxylation is 1. The molecule has 0 spiro atoms. The summed E-state index contributed by atoms with van der Waals surface area (Å²) in [5.41, 5.74) is 3.02. The zero-order valence-corrected chi connectivity index (χ0v) is 24.7. The lowest BCUT2D eigenvalue weighted by Crippen LogP contribution is -2.53. The molecule has 0 radical (unpaired) electrons. The van der Waals surface area contributed by atoms with Gasteiger partial charge in [0, 0.05) is 17.9 Å². The summed E-state index contributed by atoms with van der Waals surface area (Å²) in [5.74, 6) is -2.86. The first-order valence-electron chi connectivity index (χ1n) is 13.5. The summed E-state index contributed by atoms with van der Waals surface area (Å²) in [5, 5.41) is 15.0. The van der Waals surface area contributed by atoms with E-state index in [2.05, 4.69) is 10.6 Å². The zero-order valence-electron chi connectivity index (χ0n) is 23.9. The fourth-order valence-corrected chi connectivity index (χ4v) is 5.15. The number of aliphatic carboxylic acids is 1. The number of carboxylic acid groups (broad SMARTS) is 1. The van der Waals surface area contributed by atoms with Crippen LogP contribution in [0, 0.1) is 11.3 Å². The Balaban J connectivity index is 1.64. The Labute approximate surface area is 242 Å². The molecule has 0 aromatic heterocycles. The summed E-state index contributed by atoms with van der Waals surface area (Å²) in [6, 6.07) is 23.0. The van der Waals surface area contributed by atoms with Gasteiger partial charge in [-0.25, -0.2) is 8.42 Å². The van der Waals surface area contributed by atoms with Crippen molar-refractivity contribution in [3.63, 3.8) is 0 Å². The minimum absolute atomic E-state index is 0.125. The number of carbonyl (C=O) groups is 3. The van der Waals surface area contributed by atoms with Gasteiger partial charge < -0.3 is 15.7 Å². The first-order chi connectivity index (χ1) is 19.2. The molecule has 0 aliphatic rings. The number of nitrogens with one attached hydrogen (secondary N) is 2. The summed E-state index contributed by atoms with van der Waals surface area (Å²) >= 11 is 0. The molecule has 41 heavy (non-hydrogen) atoms. The van der Waals surface area contributed by atoms with E-state index >= 15 is 0 Å². The predicted octanol–water partition coefficient (Wildman–Crippen LogP) is 5.34. The Hall–Kier alpha value is -3.98. The highest BCUT2D eigenvalue weighted by Crippen LogP contribution is 2.24. The number of carboxylic acids is 1. The van der Waals surface area contributed by atoms with E-state index in [1.54, 1.807) is 20.8 Å². The highest BCUT2D eigenvalue weighted by atomic mass is 32.2. The molecule has 0 heterocycles. The van der Waals surface area contributed by atoms with Crippen LogP contribution in [0.4, 0.5) is 5.69 Å². The lowest BCUT2D eigenvalue weighted by atomic mass is 9.85. The molecule has 8 nitrogen and oxygen atoms in total. The Morgan fingerprint density at radius 3 is 1.95 bits per heavy atom. The van der Waals surface area contributed by atoms with Gasteiger partial charge in [-0.2, -0.15) is 0 Å². The molecule has 2 amide bonds. The van der Waals surface area contributed by atoms with E-state index in [1.165, 1.54) is 24.3 Å². The largest absolute Gasteiger partial charge is 0.481 e. The Bertz CT molecular complexity index is 1440. The van der Waals surface area contributed by atoms with E-state index in [0.29, 0.717) is 24.9 Å². The molecule has 0 aliphatic heterocycles. The molecule has 9 heteroatoms. The SMILES string of the molecule is CC(C)(C)C(NC(=O)C(CCCc1ccc(-c2ccccc2)cc1)CC(=O)O)C(=O)Nc1ccc(S(C)(=O)=O)cc1. The van der Waals surface area contributed by atoms with Crippen molar-refractivity contribution >= 4 is 33.3 Å². The van der Waals surface area contributed by atoms with Crippen LogP contribution in [0.15, 0.2) is 83.8 Å². The molecule has 0 bridgehead atoms. The van der Waals surface area contributed by atoms with Crippen LogP contribution in [0.2, 0.25) is 0 Å². The molecule has 3 aromatic carbocycles. The van der Waals surface area contributed by atoms with E-state index in [0.717, 1.165) is 22.9 Å². The second-order valence-electron chi connectivity index (χ2n) is 11.3. The van der Waals surface area contributed by atoms with Gasteiger partial charge >= 0.3 is 5.97 Å². The third-order valence-corrected chi connectivity index (χ3v) is 7.96. The van der Waals surface area contributed by atoms with E-state index < -0.39 is 45.0 Å². The van der Waals surface area contributed by atoms with Crippen molar-refractivity contribution in [3.8, 4) is 11.1 Å². The highest BCUT2D eigenvalue weighted by molar-refractivity contribution is 7.90. The maximum atomic E-state index is 13.3. The number of benzene rings is 3. The number of rotatable bonds is 12. The van der Waals surface area contributed by atoms with Gasteiger partial charge in [-0.3, -0.25) is 14.4 Å². The highest BCUT2D eigenvalue weighted by Gasteiger charge is 2.35. The van der Waals surface area contributed by atoms with Gasteiger partial charge in [0.25, 0.3) is 0 Å². The lowest BCUT2D eigenvalue weighted by molar-refractivity contribution is -0.141. The molecular weight excluding hydrogens is 540 g/mol. The second-order valence-corrected chi connectivity index (χ2v) is 13.4. The first-order valence-corrected chi connectivity index (χ1v) is 15.4. The summed E-state index contributed by atoms with van der Waals surface area (Å²) in [6.07, 6.45) is 2.40. The third kappa shape index (κ3) is 9.56. The van der Waals surface area contributed by atoms with Crippen LogP contribution in [0.3, 0.4) is 0 Å². The number of amides is 2. The van der Waals surface area contributed by atoms with Crippen molar-refractivity contribution in [1.82, 2.24) is 5.32 Å². The minimum Gasteiger partial charge on any atom is -0.481 e. The van der Waals surface area contributed by atoms with E-state index in [-0.39, 0.29) is 11.3 Å². The van der Waals surface area contributed by atoms with Gasteiger partial charge in [-0.05, 0) is 65.6 Å². The first kappa shape index (κ1) is 31.5. The van der Waals surface area contributed by atoms with Crippen molar-refractivity contribution in [2.75, 3.05) is 11.6 Å². The Kier molecular flexibility index (Phi) is 10.5. The molecule has 2 atom stereocenters. The standard InChI is InChI=1S/C32H38N2O6S/c1-32(2,3)29(31(38)33-26-17-19-27(20-18-26)41(4,39)40)34-30(37)25(21-28(35)36)12-8-9-22-13-15-24(16-14-22)23-10-6-5-7-11-23/h5-7,10-11,13-20,25,29H,8-9,12,21H2,1-4H3,(H,33,38)(H,34,37)(H,35,36). The average molecular weight is 579 g/mol. The van der Waals surface area contributed by atoms with Gasteiger partial charge in [0.15, 0.2) is 9.84 Å². The van der Waals surface area contributed by atoms with Gasteiger partial charge in [-0.15, -0.1) is 0 Å². The molecule has 0 saturated heterocycles. The Morgan fingerprint density at radius 1 is 0.829 bits per heavy atom. The van der Waals surface area contributed by atoms with Crippen molar-refractivity contribution < 1.29 is 27.9 Å². The summed E-state index contributed by atoms with van der Waals surface area (Å²) in [6.45, 7) is 5.40. The van der Waals surface area contributed by atoms with Crippen LogP contribution >= 0.6 is 0 Å². The quantitative estimate of drug-likeness (QED) is 0.266. The number of anilines is 1. The van der Waals surface area contributed by atoms with Gasteiger partial charge in [0.1, 0.15) is 6.04 Å². The van der Waals surface area contributed by atoms with Crippen molar-refractivity contribution in [1.29, 1.82) is 0 Å². The van der Waals surface area contributed by atoms with Crippen molar-refractivity contribution in [2.24, 2.45) is 11.3 Å². The number of hydrogen-bond donors (Lipinski definition) is 3. The maximum absolute atomic E-state index is 13.3. The summed E-state index contributed by atoms with van der Waals surface area (Å²) < 4.78 is 23.4. The molecule has 0 saturated carbocycles. The molecule has 3 N–H and O–H groups in total. The maximum Gasteiger partial charge on any atom is 0.304 e. The molecule has 0 aliphatic carbocycles. The smallest absolute Gasteiger partial charge is 0.304 e. The average Bonchev–Trinajstić information content (AvgIpc) is 2.90. The summed E-state index contributed by atoms with van der Waals surface area (Å²) in [7, 11) is -3.38. The third-order valence-electron chi connectivity index (χ3n) is 6.84. The van der Waals surface area contributed by atoms with Gasteiger partial charge in [-0.1, -0.05) is 75.4 Å². The number of carbonyl (C=O) groups excluding carboxylic acids is 2. The summed E-state index contributed by atoms with van der Waals surface area (Å²) in [4.78, 5) is 38.2. The number of hydrogen-bond acceptors (Lipinski definition) is 5. The van der Waals surface area contributed by atoms with E-state index in [1.807, 2.05) is 54.6 Å². The van der Waals surface area contributed by atoms with Crippen LogP contribution in [0.5, 0.6) is 0 Å². The molecule has 2 unspecified atom stereocenters. The van der Waals surface area contributed by atoms with Crippen LogP contribution in [0.25, 0.3) is 11.1 Å². The van der Waals surface area contributed by atoms with Crippen LogP contribution in [-0.2, 0) is 30.6 Å². The predicted molar refractivity (Wildman–Crippen MR) is 160 cm³/mol. The van der Waals surface area contributed by atoms with Crippen LogP contribution in [-0.4, -0.2) is 43.6 Å². The lowest BCUT2D eigenvalue weighted by Gasteiger charge is -2.31. The molecule has 218 valence electrons. The van der Waals surface area contributed by atoms with Crippen LogP contribution in [0.1, 0.15) is 45.6 Å². The van der Waals surface area contributed by atoms with E-state index in [4.69, 9.17) is 0 Å². The normalized spacial score (nSPS) is 13.2. The number of sulfone groups is 1. The van der Waals surface area contributed by atoms with Crippen LogP contribution < -0.4 is 10.6 Å². The van der Waals surface area contributed by atoms with E-state index in [9.17, 15) is 27.9 Å². The molecule has 0 fully saturated rings. The van der Waals surface area contributed by atoms with Crippen molar-refractivity contribution in [2.45, 2.75) is 57.4 Å². The molecular formula is C32H38N2O6S. The Morgan fingerprint density at radius 2 is 1.41 bits per heavy atom. The van der Waals surface area contributed by atoms with Crippen molar-refractivity contribution in [3.05, 3.63) is 84.4 Å². The molecule has 3 rings (SSSR count). The van der Waals surface area contributed by atoms with Gasteiger partial charge in [0.2, 0.25) is 11.8 Å². The zero-order chi connectivity index (χ0) is 30.2. The fraction of sp³-hybridized carbons (Fsp3) is 0.344. The topological polar surface area (TPSA) is 130 Å². The second kappa shape index (κ2) is 13.6. The fourth-order valence-electron chi connectivity index (χ4n) is 4.52. The minimum atomic E-state index is -3.38.